The average Bonchev–Trinajstić information content (AvgIpc) is 2.44. The van der Waals surface area contributed by atoms with Crippen molar-refractivity contribution in [1.29, 1.82) is 0 Å². The molecule has 4 heteroatoms. The molecule has 0 saturated carbocycles. The van der Waals surface area contributed by atoms with E-state index in [9.17, 15) is 0 Å². The summed E-state index contributed by atoms with van der Waals surface area (Å²) in [5.41, 5.74) is 0.227. The zero-order chi connectivity index (χ0) is 14.4. The van der Waals surface area contributed by atoms with E-state index in [0.717, 1.165) is 24.3 Å². The van der Waals surface area contributed by atoms with Gasteiger partial charge in [0.1, 0.15) is 0 Å². The lowest BCUT2D eigenvalue weighted by molar-refractivity contribution is -0.106. The predicted molar refractivity (Wildman–Crippen MR) is 93.0 cm³/mol. The van der Waals surface area contributed by atoms with E-state index in [1.54, 1.807) is 0 Å². The molecule has 0 aliphatic carbocycles. The van der Waals surface area contributed by atoms with Crippen LogP contribution in [0.5, 0.6) is 0 Å². The highest BCUT2D eigenvalue weighted by Gasteiger charge is 2.40. The maximum absolute atomic E-state index is 6.24. The zero-order valence-electron chi connectivity index (χ0n) is 13.3. The van der Waals surface area contributed by atoms with Crippen molar-refractivity contribution in [2.24, 2.45) is 5.92 Å². The van der Waals surface area contributed by atoms with Crippen molar-refractivity contribution in [3.8, 4) is 0 Å². The first-order valence-electron chi connectivity index (χ1n) is 8.22. The van der Waals surface area contributed by atoms with Crippen LogP contribution in [0.15, 0.2) is 0 Å². The molecule has 2 atom stereocenters. The quantitative estimate of drug-likeness (QED) is 0.804. The first kappa shape index (κ1) is 17.0. The van der Waals surface area contributed by atoms with E-state index in [0.29, 0.717) is 6.04 Å². The van der Waals surface area contributed by atoms with E-state index < -0.39 is 0 Å². The summed E-state index contributed by atoms with van der Waals surface area (Å²) in [7, 11) is 0. The van der Waals surface area contributed by atoms with Gasteiger partial charge in [-0.15, -0.1) is 0 Å². The van der Waals surface area contributed by atoms with Crippen LogP contribution in [-0.4, -0.2) is 47.3 Å². The SMILES string of the molecule is CCNC(CSC(C)C)C1CCOC2(CCSCC2)C1. The second-order valence-corrected chi connectivity index (χ2v) is 9.28. The second kappa shape index (κ2) is 8.30. The first-order valence-corrected chi connectivity index (χ1v) is 10.4. The molecule has 0 bridgehead atoms. The Labute approximate surface area is 133 Å². The maximum atomic E-state index is 6.24. The van der Waals surface area contributed by atoms with Crippen LogP contribution in [0, 0.1) is 5.92 Å². The number of hydrogen-bond acceptors (Lipinski definition) is 4. The van der Waals surface area contributed by atoms with Gasteiger partial charge in [0.15, 0.2) is 0 Å². The minimum atomic E-state index is 0.227. The molecule has 2 rings (SSSR count). The predicted octanol–water partition coefficient (Wildman–Crippen LogP) is 3.80. The van der Waals surface area contributed by atoms with Gasteiger partial charge < -0.3 is 10.1 Å². The molecule has 0 aromatic rings. The Hall–Kier alpha value is 0.620. The van der Waals surface area contributed by atoms with Gasteiger partial charge in [-0.05, 0) is 54.9 Å². The molecule has 0 aromatic carbocycles. The molecule has 0 aromatic heterocycles. The van der Waals surface area contributed by atoms with E-state index in [1.165, 1.54) is 42.9 Å². The van der Waals surface area contributed by atoms with Crippen molar-refractivity contribution in [3.05, 3.63) is 0 Å². The van der Waals surface area contributed by atoms with E-state index in [4.69, 9.17) is 4.74 Å². The third kappa shape index (κ3) is 4.82. The van der Waals surface area contributed by atoms with Gasteiger partial charge in [-0.2, -0.15) is 23.5 Å². The molecule has 2 aliphatic heterocycles. The van der Waals surface area contributed by atoms with Crippen molar-refractivity contribution in [2.45, 2.75) is 63.3 Å². The molecule has 2 unspecified atom stereocenters. The second-order valence-electron chi connectivity index (χ2n) is 6.44. The van der Waals surface area contributed by atoms with Gasteiger partial charge in [-0.3, -0.25) is 0 Å². The normalized spacial score (nSPS) is 27.9. The van der Waals surface area contributed by atoms with Crippen LogP contribution in [0.2, 0.25) is 0 Å². The lowest BCUT2D eigenvalue weighted by atomic mass is 9.79. The summed E-state index contributed by atoms with van der Waals surface area (Å²) in [4.78, 5) is 0. The third-order valence-corrected chi connectivity index (χ3v) is 6.78. The van der Waals surface area contributed by atoms with E-state index in [1.807, 2.05) is 0 Å². The molecule has 2 nitrogen and oxygen atoms in total. The first-order chi connectivity index (χ1) is 9.65. The zero-order valence-corrected chi connectivity index (χ0v) is 15.0. The summed E-state index contributed by atoms with van der Waals surface area (Å²) in [6.45, 7) is 8.90. The standard InChI is InChI=1S/C16H31NOS2/c1-4-17-15(12-20-13(2)3)14-5-8-18-16(11-14)6-9-19-10-7-16/h13-15,17H,4-12H2,1-3H3. The van der Waals surface area contributed by atoms with Crippen LogP contribution >= 0.6 is 23.5 Å². The molecule has 0 radical (unpaired) electrons. The molecular formula is C16H31NOS2. The number of nitrogens with one attached hydrogen (secondary N) is 1. The summed E-state index contributed by atoms with van der Waals surface area (Å²) in [6.07, 6.45) is 5.06. The minimum Gasteiger partial charge on any atom is -0.375 e. The number of ether oxygens (including phenoxy) is 1. The summed E-state index contributed by atoms with van der Waals surface area (Å²) < 4.78 is 6.24. The molecule has 1 N–H and O–H groups in total. The fraction of sp³-hybridized carbons (Fsp3) is 1.00. The van der Waals surface area contributed by atoms with E-state index in [2.05, 4.69) is 49.6 Å². The summed E-state index contributed by atoms with van der Waals surface area (Å²) in [5, 5.41) is 4.48. The fourth-order valence-electron chi connectivity index (χ4n) is 3.42. The van der Waals surface area contributed by atoms with Gasteiger partial charge in [0.25, 0.3) is 0 Å². The van der Waals surface area contributed by atoms with Crippen molar-refractivity contribution in [3.63, 3.8) is 0 Å². The van der Waals surface area contributed by atoms with Gasteiger partial charge in [0.2, 0.25) is 0 Å². The third-order valence-electron chi connectivity index (χ3n) is 4.58. The topological polar surface area (TPSA) is 21.3 Å². The largest absolute Gasteiger partial charge is 0.375 e. The van der Waals surface area contributed by atoms with Crippen molar-refractivity contribution in [2.75, 3.05) is 30.4 Å². The average molecular weight is 318 g/mol. The van der Waals surface area contributed by atoms with Crippen LogP contribution in [0.3, 0.4) is 0 Å². The van der Waals surface area contributed by atoms with Gasteiger partial charge in [-0.1, -0.05) is 20.8 Å². The molecule has 2 aliphatic rings. The lowest BCUT2D eigenvalue weighted by Crippen LogP contribution is -2.49. The Morgan fingerprint density at radius 1 is 1.35 bits per heavy atom. The molecule has 0 amide bonds. The van der Waals surface area contributed by atoms with Crippen LogP contribution in [0.4, 0.5) is 0 Å². The van der Waals surface area contributed by atoms with Crippen molar-refractivity contribution < 1.29 is 4.74 Å². The van der Waals surface area contributed by atoms with Crippen LogP contribution in [0.1, 0.15) is 46.5 Å². The molecule has 2 saturated heterocycles. The molecule has 2 fully saturated rings. The molecule has 118 valence electrons. The summed E-state index contributed by atoms with van der Waals surface area (Å²) in [5.74, 6) is 4.64. The number of rotatable bonds is 6. The molecule has 20 heavy (non-hydrogen) atoms. The van der Waals surface area contributed by atoms with Crippen LogP contribution < -0.4 is 5.32 Å². The Morgan fingerprint density at radius 2 is 2.10 bits per heavy atom. The minimum absolute atomic E-state index is 0.227. The van der Waals surface area contributed by atoms with Crippen LogP contribution in [-0.2, 0) is 4.74 Å². The smallest absolute Gasteiger partial charge is 0.0701 e. The van der Waals surface area contributed by atoms with Crippen LogP contribution in [0.25, 0.3) is 0 Å². The lowest BCUT2D eigenvalue weighted by Gasteiger charge is -2.45. The highest BCUT2D eigenvalue weighted by molar-refractivity contribution is 7.99. The maximum Gasteiger partial charge on any atom is 0.0701 e. The number of thioether (sulfide) groups is 2. The van der Waals surface area contributed by atoms with E-state index in [-0.39, 0.29) is 5.60 Å². The van der Waals surface area contributed by atoms with Gasteiger partial charge >= 0.3 is 0 Å². The monoisotopic (exact) mass is 317 g/mol. The Kier molecular flexibility index (Phi) is 7.05. The van der Waals surface area contributed by atoms with Crippen molar-refractivity contribution in [1.82, 2.24) is 5.32 Å². The fourth-order valence-corrected chi connectivity index (χ4v) is 5.64. The summed E-state index contributed by atoms with van der Waals surface area (Å²) >= 11 is 4.20. The van der Waals surface area contributed by atoms with Gasteiger partial charge in [0, 0.05) is 18.4 Å². The molecular weight excluding hydrogens is 286 g/mol. The Balaban J connectivity index is 1.93. The Bertz CT molecular complexity index is 274. The number of hydrogen-bond donors (Lipinski definition) is 1. The molecule has 2 heterocycles. The van der Waals surface area contributed by atoms with E-state index >= 15 is 0 Å². The molecule has 1 spiro atoms. The highest BCUT2D eigenvalue weighted by Crippen LogP contribution is 2.41. The van der Waals surface area contributed by atoms with Gasteiger partial charge in [-0.25, -0.2) is 0 Å². The highest BCUT2D eigenvalue weighted by atomic mass is 32.2. The summed E-state index contributed by atoms with van der Waals surface area (Å²) in [6, 6.07) is 0.669. The van der Waals surface area contributed by atoms with Crippen molar-refractivity contribution >= 4 is 23.5 Å². The Morgan fingerprint density at radius 3 is 2.75 bits per heavy atom. The van der Waals surface area contributed by atoms with Gasteiger partial charge in [0.05, 0.1) is 5.60 Å².